The Morgan fingerprint density at radius 1 is 1.32 bits per heavy atom. The Kier molecular flexibility index (Phi) is 6.30. The molecule has 1 heterocycles. The van der Waals surface area contributed by atoms with Gasteiger partial charge in [-0.1, -0.05) is 0 Å². The fourth-order valence-corrected chi connectivity index (χ4v) is 1.15. The van der Waals surface area contributed by atoms with E-state index in [0.29, 0.717) is 31.7 Å². The van der Waals surface area contributed by atoms with Crippen LogP contribution in [0.5, 0.6) is 6.01 Å². The number of hydrogen-bond donors (Lipinski definition) is 3. The zero-order valence-electron chi connectivity index (χ0n) is 11.0. The highest BCUT2D eigenvalue weighted by Crippen LogP contribution is 2.10. The van der Waals surface area contributed by atoms with E-state index in [-0.39, 0.29) is 12.6 Å². The summed E-state index contributed by atoms with van der Waals surface area (Å²) in [5.74, 6) is 0.265. The molecule has 9 nitrogen and oxygen atoms in total. The molecule has 1 aromatic heterocycles. The van der Waals surface area contributed by atoms with Crippen molar-refractivity contribution in [1.29, 1.82) is 0 Å². The Balaban J connectivity index is 2.47. The van der Waals surface area contributed by atoms with Gasteiger partial charge in [-0.15, -0.1) is 0 Å². The lowest BCUT2D eigenvalue weighted by atomic mass is 10.6. The maximum atomic E-state index is 10.5. The average molecular weight is 270 g/mol. The lowest BCUT2D eigenvalue weighted by Crippen LogP contribution is -2.21. The summed E-state index contributed by atoms with van der Waals surface area (Å²) in [6, 6.07) is 0.238. The maximum absolute atomic E-state index is 10.5. The van der Waals surface area contributed by atoms with Gasteiger partial charge >= 0.3 is 6.01 Å². The highest BCUT2D eigenvalue weighted by molar-refractivity contribution is 5.74. The van der Waals surface area contributed by atoms with E-state index in [2.05, 4.69) is 25.6 Å². The monoisotopic (exact) mass is 270 g/mol. The van der Waals surface area contributed by atoms with Crippen LogP contribution < -0.4 is 21.1 Å². The fourth-order valence-electron chi connectivity index (χ4n) is 1.15. The molecule has 106 valence electrons. The van der Waals surface area contributed by atoms with E-state index < -0.39 is 5.91 Å². The summed E-state index contributed by atoms with van der Waals surface area (Å²) >= 11 is 0. The summed E-state index contributed by atoms with van der Waals surface area (Å²) in [5.41, 5.74) is 4.93. The normalized spacial score (nSPS) is 10.0. The van der Waals surface area contributed by atoms with Crippen LogP contribution >= 0.6 is 0 Å². The second kappa shape index (κ2) is 8.03. The van der Waals surface area contributed by atoms with Gasteiger partial charge in [0.2, 0.25) is 17.8 Å². The molecule has 0 saturated heterocycles. The number of amides is 1. The molecule has 1 rings (SSSR count). The van der Waals surface area contributed by atoms with Crippen LogP contribution in [0.25, 0.3) is 0 Å². The molecule has 0 radical (unpaired) electrons. The van der Waals surface area contributed by atoms with Gasteiger partial charge < -0.3 is 25.8 Å². The van der Waals surface area contributed by atoms with Crippen LogP contribution in [-0.4, -0.2) is 54.3 Å². The molecule has 19 heavy (non-hydrogen) atoms. The van der Waals surface area contributed by atoms with Gasteiger partial charge in [-0.2, -0.15) is 15.0 Å². The number of hydrogen-bond acceptors (Lipinski definition) is 8. The van der Waals surface area contributed by atoms with Crippen LogP contribution in [-0.2, 0) is 9.53 Å². The van der Waals surface area contributed by atoms with Crippen LogP contribution in [0.15, 0.2) is 0 Å². The number of anilines is 2. The molecule has 0 bridgehead atoms. The molecule has 0 saturated carbocycles. The second-order valence-electron chi connectivity index (χ2n) is 3.39. The van der Waals surface area contributed by atoms with E-state index in [1.54, 1.807) is 7.05 Å². The van der Waals surface area contributed by atoms with E-state index in [1.807, 2.05) is 6.92 Å². The highest BCUT2D eigenvalue weighted by atomic mass is 16.5. The van der Waals surface area contributed by atoms with Crippen molar-refractivity contribution in [3.8, 4) is 6.01 Å². The summed E-state index contributed by atoms with van der Waals surface area (Å²) < 4.78 is 10.2. The molecule has 0 aliphatic rings. The van der Waals surface area contributed by atoms with Gasteiger partial charge in [0.1, 0.15) is 6.61 Å². The first-order chi connectivity index (χ1) is 9.15. The van der Waals surface area contributed by atoms with Gasteiger partial charge in [-0.3, -0.25) is 4.79 Å². The van der Waals surface area contributed by atoms with Crippen LogP contribution in [0.1, 0.15) is 6.92 Å². The maximum Gasteiger partial charge on any atom is 0.323 e. The van der Waals surface area contributed by atoms with Crippen molar-refractivity contribution in [2.45, 2.75) is 6.92 Å². The van der Waals surface area contributed by atoms with Crippen molar-refractivity contribution in [2.75, 3.05) is 44.0 Å². The minimum atomic E-state index is -0.503. The summed E-state index contributed by atoms with van der Waals surface area (Å²) in [7, 11) is 1.70. The molecule has 9 heteroatoms. The quantitative estimate of drug-likeness (QED) is 0.499. The first kappa shape index (κ1) is 14.9. The number of ether oxygens (including phenoxy) is 2. The Hall–Kier alpha value is -2.16. The van der Waals surface area contributed by atoms with Gasteiger partial charge in [0.15, 0.2) is 0 Å². The first-order valence-corrected chi connectivity index (χ1v) is 5.82. The van der Waals surface area contributed by atoms with E-state index >= 15 is 0 Å². The van der Waals surface area contributed by atoms with E-state index in [9.17, 15) is 4.79 Å². The van der Waals surface area contributed by atoms with Gasteiger partial charge in [0.25, 0.3) is 0 Å². The predicted octanol–water partition coefficient (Wildman–Crippen LogP) is -0.774. The molecule has 0 aliphatic carbocycles. The Labute approximate surface area is 110 Å². The predicted molar refractivity (Wildman–Crippen MR) is 69.0 cm³/mol. The topological polar surface area (TPSA) is 124 Å². The van der Waals surface area contributed by atoms with Crippen LogP contribution in [0.2, 0.25) is 0 Å². The lowest BCUT2D eigenvalue weighted by Gasteiger charge is -2.08. The molecule has 4 N–H and O–H groups in total. The lowest BCUT2D eigenvalue weighted by molar-refractivity contribution is -0.122. The molecule has 0 atom stereocenters. The Morgan fingerprint density at radius 2 is 2.05 bits per heavy atom. The van der Waals surface area contributed by atoms with Crippen LogP contribution in [0.3, 0.4) is 0 Å². The fraction of sp³-hybridized carbons (Fsp3) is 0.600. The number of aromatic nitrogens is 3. The van der Waals surface area contributed by atoms with Crippen molar-refractivity contribution >= 4 is 17.8 Å². The van der Waals surface area contributed by atoms with Gasteiger partial charge in [-0.25, -0.2) is 0 Å². The molecule has 1 amide bonds. The molecule has 0 aromatic carbocycles. The van der Waals surface area contributed by atoms with E-state index in [1.165, 1.54) is 0 Å². The number of carbonyl (C=O) groups is 1. The number of nitrogens with one attached hydrogen (secondary N) is 2. The number of carbonyl (C=O) groups excluding carboxylic acids is 1. The van der Waals surface area contributed by atoms with E-state index in [4.69, 9.17) is 15.2 Å². The van der Waals surface area contributed by atoms with Crippen molar-refractivity contribution in [3.05, 3.63) is 0 Å². The minimum Gasteiger partial charge on any atom is -0.464 e. The van der Waals surface area contributed by atoms with Crippen molar-refractivity contribution < 1.29 is 14.3 Å². The third-order valence-corrected chi connectivity index (χ3v) is 1.89. The van der Waals surface area contributed by atoms with Crippen molar-refractivity contribution in [1.82, 2.24) is 15.0 Å². The summed E-state index contributed by atoms with van der Waals surface area (Å²) in [5, 5.41) is 5.74. The molecule has 0 spiro atoms. The molecule has 1 aromatic rings. The van der Waals surface area contributed by atoms with Crippen LogP contribution in [0, 0.1) is 0 Å². The van der Waals surface area contributed by atoms with Crippen molar-refractivity contribution in [2.24, 2.45) is 5.73 Å². The summed E-state index contributed by atoms with van der Waals surface area (Å²) in [4.78, 5) is 22.6. The standard InChI is InChI=1S/C10H18N6O3/c1-3-19-10-15-8(12-2)14-9(16-10)13-4-5-18-6-7(11)17/h3-6H2,1-2H3,(H2,11,17)(H2,12,13,14,15,16). The van der Waals surface area contributed by atoms with E-state index in [0.717, 1.165) is 0 Å². The largest absolute Gasteiger partial charge is 0.464 e. The smallest absolute Gasteiger partial charge is 0.323 e. The Bertz CT molecular complexity index is 414. The zero-order valence-corrected chi connectivity index (χ0v) is 11.0. The van der Waals surface area contributed by atoms with Gasteiger partial charge in [-0.05, 0) is 6.92 Å². The first-order valence-electron chi connectivity index (χ1n) is 5.82. The van der Waals surface area contributed by atoms with Gasteiger partial charge in [0, 0.05) is 13.6 Å². The SMILES string of the molecule is CCOc1nc(NC)nc(NCCOCC(N)=O)n1. The zero-order chi connectivity index (χ0) is 14.1. The molecule has 0 aliphatic heterocycles. The Morgan fingerprint density at radius 3 is 2.68 bits per heavy atom. The van der Waals surface area contributed by atoms with Gasteiger partial charge in [0.05, 0.1) is 13.2 Å². The minimum absolute atomic E-state index is 0.106. The molecular formula is C10H18N6O3. The second-order valence-corrected chi connectivity index (χ2v) is 3.39. The number of primary amides is 1. The summed E-state index contributed by atoms with van der Waals surface area (Å²) in [6.45, 7) is 2.95. The molecular weight excluding hydrogens is 252 g/mol. The van der Waals surface area contributed by atoms with Crippen LogP contribution in [0.4, 0.5) is 11.9 Å². The van der Waals surface area contributed by atoms with Crippen molar-refractivity contribution in [3.63, 3.8) is 0 Å². The number of rotatable bonds is 9. The summed E-state index contributed by atoms with van der Waals surface area (Å²) in [6.07, 6.45) is 0. The number of nitrogens with two attached hydrogens (primary N) is 1. The molecule has 0 unspecified atom stereocenters. The third kappa shape index (κ3) is 5.82. The highest BCUT2D eigenvalue weighted by Gasteiger charge is 2.05. The molecule has 0 fully saturated rings. The average Bonchev–Trinajstić information content (AvgIpc) is 2.38. The number of nitrogens with zero attached hydrogens (tertiary/aromatic N) is 3. The third-order valence-electron chi connectivity index (χ3n) is 1.89.